The van der Waals surface area contributed by atoms with E-state index in [1.165, 1.54) is 18.2 Å². The normalized spacial score (nSPS) is 12.2. The van der Waals surface area contributed by atoms with Crippen LogP contribution in [0, 0.1) is 5.82 Å². The molecule has 1 aromatic rings. The number of halogens is 1. The molecule has 1 aromatic carbocycles. The van der Waals surface area contributed by atoms with Crippen LogP contribution in [0.1, 0.15) is 17.3 Å². The summed E-state index contributed by atoms with van der Waals surface area (Å²) in [7, 11) is 0. The lowest BCUT2D eigenvalue weighted by Crippen LogP contribution is -2.37. The van der Waals surface area contributed by atoms with E-state index < -0.39 is 5.82 Å². The molecule has 0 saturated heterocycles. The van der Waals surface area contributed by atoms with E-state index in [2.05, 4.69) is 5.32 Å². The summed E-state index contributed by atoms with van der Waals surface area (Å²) in [6, 6.07) is 5.44. The molecule has 0 fully saturated rings. The molecule has 0 aromatic heterocycles. The lowest BCUT2D eigenvalue weighted by atomic mass is 10.2. The second-order valence-electron chi connectivity index (χ2n) is 3.12. The van der Waals surface area contributed by atoms with Gasteiger partial charge in [0, 0.05) is 18.2 Å². The number of nitrogens with two attached hydrogens (primary N) is 1. The van der Waals surface area contributed by atoms with Crippen molar-refractivity contribution in [2.24, 2.45) is 5.73 Å². The summed E-state index contributed by atoms with van der Waals surface area (Å²) in [4.78, 5) is 11.4. The molecule has 4 heteroatoms. The minimum Gasteiger partial charge on any atom is -0.348 e. The molecule has 76 valence electrons. The molecular formula is C10H13FN2O. The molecule has 1 rings (SSSR count). The first kappa shape index (κ1) is 10.7. The highest BCUT2D eigenvalue weighted by molar-refractivity contribution is 5.94. The van der Waals surface area contributed by atoms with Gasteiger partial charge in [0.2, 0.25) is 0 Å². The van der Waals surface area contributed by atoms with Crippen LogP contribution in [0.4, 0.5) is 4.39 Å². The maximum Gasteiger partial charge on any atom is 0.251 e. The first-order valence-corrected chi connectivity index (χ1v) is 4.40. The number of nitrogens with one attached hydrogen (secondary N) is 1. The van der Waals surface area contributed by atoms with Crippen LogP contribution < -0.4 is 11.1 Å². The number of hydrogen-bond acceptors (Lipinski definition) is 2. The van der Waals surface area contributed by atoms with Crippen molar-refractivity contribution < 1.29 is 9.18 Å². The average Bonchev–Trinajstić information content (AvgIpc) is 2.17. The molecular weight excluding hydrogens is 183 g/mol. The fraction of sp³-hybridized carbons (Fsp3) is 0.300. The van der Waals surface area contributed by atoms with Gasteiger partial charge in [-0.3, -0.25) is 4.79 Å². The Kier molecular flexibility index (Phi) is 3.59. The van der Waals surface area contributed by atoms with Crippen LogP contribution in [0.3, 0.4) is 0 Å². The summed E-state index contributed by atoms with van der Waals surface area (Å²) >= 11 is 0. The van der Waals surface area contributed by atoms with Crippen molar-refractivity contribution in [3.63, 3.8) is 0 Å². The van der Waals surface area contributed by atoms with Gasteiger partial charge in [0.25, 0.3) is 5.91 Å². The van der Waals surface area contributed by atoms with Gasteiger partial charge < -0.3 is 11.1 Å². The monoisotopic (exact) mass is 196 g/mol. The van der Waals surface area contributed by atoms with E-state index in [9.17, 15) is 9.18 Å². The van der Waals surface area contributed by atoms with Crippen LogP contribution in [-0.4, -0.2) is 18.5 Å². The number of benzene rings is 1. The third kappa shape index (κ3) is 2.81. The van der Waals surface area contributed by atoms with E-state index in [1.807, 2.05) is 0 Å². The third-order valence-electron chi connectivity index (χ3n) is 1.82. The molecule has 3 N–H and O–H groups in total. The maximum atomic E-state index is 12.7. The van der Waals surface area contributed by atoms with Crippen molar-refractivity contribution >= 4 is 5.91 Å². The summed E-state index contributed by atoms with van der Waals surface area (Å²) in [5.74, 6) is -0.722. The van der Waals surface area contributed by atoms with E-state index >= 15 is 0 Å². The topological polar surface area (TPSA) is 55.1 Å². The average molecular weight is 196 g/mol. The van der Waals surface area contributed by atoms with Crippen molar-refractivity contribution in [1.29, 1.82) is 0 Å². The Morgan fingerprint density at radius 1 is 1.64 bits per heavy atom. The Morgan fingerprint density at radius 2 is 2.36 bits per heavy atom. The zero-order valence-electron chi connectivity index (χ0n) is 7.96. The zero-order chi connectivity index (χ0) is 10.6. The molecule has 0 aliphatic heterocycles. The van der Waals surface area contributed by atoms with Crippen molar-refractivity contribution in [1.82, 2.24) is 5.32 Å². The molecule has 1 amide bonds. The number of carbonyl (C=O) groups is 1. The Labute approximate surface area is 82.1 Å². The van der Waals surface area contributed by atoms with Gasteiger partial charge in [-0.05, 0) is 25.1 Å². The number of rotatable bonds is 3. The number of carbonyl (C=O) groups excluding carboxylic acids is 1. The fourth-order valence-electron chi connectivity index (χ4n) is 0.996. The minimum absolute atomic E-state index is 0.106. The smallest absolute Gasteiger partial charge is 0.251 e. The summed E-state index contributed by atoms with van der Waals surface area (Å²) in [6.07, 6.45) is 0. The molecule has 1 atom stereocenters. The van der Waals surface area contributed by atoms with Crippen molar-refractivity contribution in [2.75, 3.05) is 6.54 Å². The molecule has 0 unspecified atom stereocenters. The van der Waals surface area contributed by atoms with E-state index in [0.29, 0.717) is 12.1 Å². The van der Waals surface area contributed by atoms with Crippen LogP contribution in [0.2, 0.25) is 0 Å². The van der Waals surface area contributed by atoms with Gasteiger partial charge in [-0.2, -0.15) is 0 Å². The van der Waals surface area contributed by atoms with Gasteiger partial charge in [0.1, 0.15) is 5.82 Å². The van der Waals surface area contributed by atoms with E-state index in [-0.39, 0.29) is 11.9 Å². The second kappa shape index (κ2) is 4.72. The molecule has 0 saturated carbocycles. The maximum absolute atomic E-state index is 12.7. The van der Waals surface area contributed by atoms with E-state index in [0.717, 1.165) is 0 Å². The van der Waals surface area contributed by atoms with Crippen LogP contribution >= 0.6 is 0 Å². The van der Waals surface area contributed by atoms with Crippen LogP contribution in [0.25, 0.3) is 0 Å². The Morgan fingerprint density at radius 3 is 2.93 bits per heavy atom. The summed E-state index contributed by atoms with van der Waals surface area (Å²) in [5.41, 5.74) is 5.65. The summed E-state index contributed by atoms with van der Waals surface area (Å²) in [6.45, 7) is 2.15. The predicted octanol–water partition coefficient (Wildman–Crippen LogP) is 0.903. The van der Waals surface area contributed by atoms with Crippen LogP contribution in [-0.2, 0) is 0 Å². The van der Waals surface area contributed by atoms with Gasteiger partial charge in [-0.25, -0.2) is 4.39 Å². The van der Waals surface area contributed by atoms with Crippen LogP contribution in [0.5, 0.6) is 0 Å². The highest BCUT2D eigenvalue weighted by Gasteiger charge is 2.08. The van der Waals surface area contributed by atoms with Gasteiger partial charge in [-0.15, -0.1) is 0 Å². The second-order valence-corrected chi connectivity index (χ2v) is 3.12. The van der Waals surface area contributed by atoms with Crippen molar-refractivity contribution in [3.8, 4) is 0 Å². The highest BCUT2D eigenvalue weighted by atomic mass is 19.1. The first-order valence-electron chi connectivity index (χ1n) is 4.40. The summed E-state index contributed by atoms with van der Waals surface area (Å²) in [5, 5.41) is 2.64. The molecule has 0 heterocycles. The quantitative estimate of drug-likeness (QED) is 0.754. The van der Waals surface area contributed by atoms with Gasteiger partial charge in [-0.1, -0.05) is 6.07 Å². The summed E-state index contributed by atoms with van der Waals surface area (Å²) < 4.78 is 12.7. The van der Waals surface area contributed by atoms with Gasteiger partial charge in [0.05, 0.1) is 0 Å². The largest absolute Gasteiger partial charge is 0.348 e. The highest BCUT2D eigenvalue weighted by Crippen LogP contribution is 2.03. The predicted molar refractivity (Wildman–Crippen MR) is 52.4 cm³/mol. The molecule has 0 spiro atoms. The van der Waals surface area contributed by atoms with Gasteiger partial charge in [0.15, 0.2) is 0 Å². The Hall–Kier alpha value is -1.42. The molecule has 0 radical (unpaired) electrons. The SMILES string of the molecule is C[C@@H](CN)NC(=O)c1cccc(F)c1. The number of hydrogen-bond donors (Lipinski definition) is 2. The Balaban J connectivity index is 2.70. The molecule has 14 heavy (non-hydrogen) atoms. The minimum atomic E-state index is -0.418. The zero-order valence-corrected chi connectivity index (χ0v) is 7.96. The first-order chi connectivity index (χ1) is 6.63. The van der Waals surface area contributed by atoms with Crippen LogP contribution in [0.15, 0.2) is 24.3 Å². The molecule has 0 bridgehead atoms. The molecule has 3 nitrogen and oxygen atoms in total. The fourth-order valence-corrected chi connectivity index (χ4v) is 0.996. The lowest BCUT2D eigenvalue weighted by Gasteiger charge is -2.10. The van der Waals surface area contributed by atoms with Crippen molar-refractivity contribution in [2.45, 2.75) is 13.0 Å². The number of amides is 1. The standard InChI is InChI=1S/C10H13FN2O/c1-7(6-12)13-10(14)8-3-2-4-9(11)5-8/h2-5,7H,6,12H2,1H3,(H,13,14)/t7-/m0/s1. The third-order valence-corrected chi connectivity index (χ3v) is 1.82. The van der Waals surface area contributed by atoms with Gasteiger partial charge >= 0.3 is 0 Å². The van der Waals surface area contributed by atoms with E-state index in [1.54, 1.807) is 13.0 Å². The molecule has 0 aliphatic carbocycles. The lowest BCUT2D eigenvalue weighted by molar-refractivity contribution is 0.0941. The molecule has 0 aliphatic rings. The Bertz CT molecular complexity index is 328. The van der Waals surface area contributed by atoms with Crippen molar-refractivity contribution in [3.05, 3.63) is 35.6 Å². The van der Waals surface area contributed by atoms with E-state index in [4.69, 9.17) is 5.73 Å².